The van der Waals surface area contributed by atoms with E-state index in [1.54, 1.807) is 18.3 Å². The second kappa shape index (κ2) is 7.75. The predicted molar refractivity (Wildman–Crippen MR) is 91.1 cm³/mol. The van der Waals surface area contributed by atoms with Crippen LogP contribution in [0.2, 0.25) is 0 Å². The van der Waals surface area contributed by atoms with Gasteiger partial charge >= 0.3 is 0 Å². The van der Waals surface area contributed by atoms with Crippen LogP contribution in [0, 0.1) is 0 Å². The molecule has 0 heterocycles. The molecule has 4 nitrogen and oxygen atoms in total. The summed E-state index contributed by atoms with van der Waals surface area (Å²) in [4.78, 5) is 16.9. The molecule has 0 aliphatic heterocycles. The number of benzene rings is 2. The van der Waals surface area contributed by atoms with Gasteiger partial charge in [-0.25, -0.2) is 0 Å². The summed E-state index contributed by atoms with van der Waals surface area (Å²) in [6.07, 6.45) is 1.59. The highest BCUT2D eigenvalue weighted by molar-refractivity contribution is 9.10. The van der Waals surface area contributed by atoms with Crippen molar-refractivity contribution in [2.24, 2.45) is 5.16 Å². The fourth-order valence-electron chi connectivity index (χ4n) is 2.02. The van der Waals surface area contributed by atoms with Gasteiger partial charge in [0.15, 0.2) is 0 Å². The van der Waals surface area contributed by atoms with Crippen LogP contribution < -0.4 is 5.32 Å². The van der Waals surface area contributed by atoms with Crippen molar-refractivity contribution in [2.45, 2.75) is 13.0 Å². The molecule has 1 atom stereocenters. The van der Waals surface area contributed by atoms with E-state index < -0.39 is 0 Å². The number of nitrogens with one attached hydrogen (secondary N) is 1. The first-order chi connectivity index (χ1) is 10.6. The molecule has 1 unspecified atom stereocenters. The van der Waals surface area contributed by atoms with Gasteiger partial charge in [0.25, 0.3) is 5.91 Å². The van der Waals surface area contributed by atoms with E-state index in [2.05, 4.69) is 31.2 Å². The molecule has 0 radical (unpaired) electrons. The Morgan fingerprint density at radius 1 is 1.23 bits per heavy atom. The highest BCUT2D eigenvalue weighted by Gasteiger charge is 2.13. The van der Waals surface area contributed by atoms with E-state index in [9.17, 15) is 4.79 Å². The summed E-state index contributed by atoms with van der Waals surface area (Å²) < 4.78 is 0.980. The Hall–Kier alpha value is -2.14. The molecular formula is C17H17BrN2O2. The van der Waals surface area contributed by atoms with Crippen LogP contribution in [0.5, 0.6) is 0 Å². The van der Waals surface area contributed by atoms with Crippen LogP contribution >= 0.6 is 15.9 Å². The normalized spacial score (nSPS) is 12.1. The molecule has 0 aliphatic rings. The molecule has 0 spiro atoms. The molecule has 0 saturated carbocycles. The molecule has 2 aromatic rings. The number of hydrogen-bond donors (Lipinski definition) is 1. The van der Waals surface area contributed by atoms with Crippen LogP contribution in [0.15, 0.2) is 58.2 Å². The Morgan fingerprint density at radius 3 is 2.55 bits per heavy atom. The lowest BCUT2D eigenvalue weighted by Crippen LogP contribution is -2.26. The zero-order valence-electron chi connectivity index (χ0n) is 12.4. The van der Waals surface area contributed by atoms with Gasteiger partial charge in [0.2, 0.25) is 0 Å². The molecule has 1 amide bonds. The van der Waals surface area contributed by atoms with Crippen molar-refractivity contribution in [2.75, 3.05) is 7.11 Å². The average Bonchev–Trinajstić information content (AvgIpc) is 2.53. The third-order valence-electron chi connectivity index (χ3n) is 3.20. The van der Waals surface area contributed by atoms with Gasteiger partial charge in [0, 0.05) is 10.0 Å². The number of halogens is 1. The molecule has 0 saturated heterocycles. The van der Waals surface area contributed by atoms with Crippen molar-refractivity contribution < 1.29 is 9.63 Å². The summed E-state index contributed by atoms with van der Waals surface area (Å²) in [5.74, 6) is -0.113. The second-order valence-electron chi connectivity index (χ2n) is 4.76. The largest absolute Gasteiger partial charge is 0.399 e. The molecular weight excluding hydrogens is 344 g/mol. The predicted octanol–water partition coefficient (Wildman–Crippen LogP) is 3.92. The van der Waals surface area contributed by atoms with Gasteiger partial charge < -0.3 is 10.2 Å². The van der Waals surface area contributed by atoms with Gasteiger partial charge in [-0.1, -0.05) is 51.4 Å². The van der Waals surface area contributed by atoms with E-state index in [1.165, 1.54) is 7.11 Å². The molecule has 22 heavy (non-hydrogen) atoms. The number of rotatable bonds is 5. The SMILES string of the molecule is CO/N=C/c1ccc(C(=O)NC(C)c2ccccc2Br)cc1. The molecule has 2 aromatic carbocycles. The number of carbonyl (C=O) groups is 1. The van der Waals surface area contributed by atoms with Crippen LogP contribution in [0.3, 0.4) is 0 Å². The Bertz CT molecular complexity index is 669. The number of amides is 1. The maximum absolute atomic E-state index is 12.3. The molecule has 5 heteroatoms. The van der Waals surface area contributed by atoms with Crippen molar-refractivity contribution in [1.29, 1.82) is 0 Å². The number of carbonyl (C=O) groups excluding carboxylic acids is 1. The molecule has 0 bridgehead atoms. The molecule has 2 rings (SSSR count). The lowest BCUT2D eigenvalue weighted by atomic mass is 10.1. The summed E-state index contributed by atoms with van der Waals surface area (Å²) in [6.45, 7) is 1.96. The van der Waals surface area contributed by atoms with Crippen molar-refractivity contribution in [3.63, 3.8) is 0 Å². The third-order valence-corrected chi connectivity index (χ3v) is 3.92. The van der Waals surface area contributed by atoms with E-state index in [1.807, 2.05) is 43.3 Å². The lowest BCUT2D eigenvalue weighted by molar-refractivity contribution is 0.0940. The quantitative estimate of drug-likeness (QED) is 0.648. The van der Waals surface area contributed by atoms with E-state index >= 15 is 0 Å². The Morgan fingerprint density at radius 2 is 1.91 bits per heavy atom. The number of hydrogen-bond acceptors (Lipinski definition) is 3. The number of oxime groups is 1. The summed E-state index contributed by atoms with van der Waals surface area (Å²) in [7, 11) is 1.49. The third kappa shape index (κ3) is 4.18. The van der Waals surface area contributed by atoms with Gasteiger partial charge in [-0.2, -0.15) is 0 Å². The van der Waals surface area contributed by atoms with Crippen molar-refractivity contribution in [3.05, 3.63) is 69.7 Å². The van der Waals surface area contributed by atoms with Gasteiger partial charge in [-0.3, -0.25) is 4.79 Å². The lowest BCUT2D eigenvalue weighted by Gasteiger charge is -2.16. The molecule has 0 aliphatic carbocycles. The van der Waals surface area contributed by atoms with Crippen LogP contribution in [0.1, 0.15) is 34.5 Å². The van der Waals surface area contributed by atoms with Crippen LogP contribution in [-0.4, -0.2) is 19.2 Å². The Kier molecular flexibility index (Phi) is 5.72. The molecule has 114 valence electrons. The van der Waals surface area contributed by atoms with Gasteiger partial charge in [-0.15, -0.1) is 0 Å². The van der Waals surface area contributed by atoms with Gasteiger partial charge in [0.1, 0.15) is 7.11 Å². The minimum atomic E-state index is -0.113. The fourth-order valence-corrected chi connectivity index (χ4v) is 2.65. The van der Waals surface area contributed by atoms with Crippen molar-refractivity contribution >= 4 is 28.1 Å². The second-order valence-corrected chi connectivity index (χ2v) is 5.61. The topological polar surface area (TPSA) is 50.7 Å². The Labute approximate surface area is 138 Å². The highest BCUT2D eigenvalue weighted by Crippen LogP contribution is 2.23. The van der Waals surface area contributed by atoms with E-state index in [-0.39, 0.29) is 11.9 Å². The first-order valence-corrected chi connectivity index (χ1v) is 7.63. The highest BCUT2D eigenvalue weighted by atomic mass is 79.9. The summed E-state index contributed by atoms with van der Waals surface area (Å²) in [6, 6.07) is 14.9. The van der Waals surface area contributed by atoms with E-state index in [4.69, 9.17) is 0 Å². The van der Waals surface area contributed by atoms with E-state index in [0.717, 1.165) is 15.6 Å². The van der Waals surface area contributed by atoms with Crippen LogP contribution in [0.25, 0.3) is 0 Å². The molecule has 1 N–H and O–H groups in total. The zero-order valence-corrected chi connectivity index (χ0v) is 14.0. The van der Waals surface area contributed by atoms with Crippen molar-refractivity contribution in [3.8, 4) is 0 Å². The molecule has 0 aromatic heterocycles. The minimum absolute atomic E-state index is 0.0854. The fraction of sp³-hybridized carbons (Fsp3) is 0.176. The summed E-state index contributed by atoms with van der Waals surface area (Å²) >= 11 is 3.50. The maximum Gasteiger partial charge on any atom is 0.251 e. The molecule has 0 fully saturated rings. The first-order valence-electron chi connectivity index (χ1n) is 6.83. The maximum atomic E-state index is 12.3. The standard InChI is InChI=1S/C17H17BrN2O2/c1-12(15-5-3-4-6-16(15)18)20-17(21)14-9-7-13(8-10-14)11-19-22-2/h3-12H,1-2H3,(H,20,21)/b19-11+. The Balaban J connectivity index is 2.06. The van der Waals surface area contributed by atoms with Crippen molar-refractivity contribution in [1.82, 2.24) is 5.32 Å². The van der Waals surface area contributed by atoms with Crippen LogP contribution in [0.4, 0.5) is 0 Å². The monoisotopic (exact) mass is 360 g/mol. The minimum Gasteiger partial charge on any atom is -0.399 e. The van der Waals surface area contributed by atoms with E-state index in [0.29, 0.717) is 5.56 Å². The smallest absolute Gasteiger partial charge is 0.251 e. The van der Waals surface area contributed by atoms with Gasteiger partial charge in [0.05, 0.1) is 12.3 Å². The summed E-state index contributed by atoms with van der Waals surface area (Å²) in [5, 5.41) is 6.67. The average molecular weight is 361 g/mol. The number of nitrogens with zero attached hydrogens (tertiary/aromatic N) is 1. The summed E-state index contributed by atoms with van der Waals surface area (Å²) in [5.41, 5.74) is 2.52. The first kappa shape index (κ1) is 16.2. The van der Waals surface area contributed by atoms with Crippen LogP contribution in [-0.2, 0) is 4.84 Å². The zero-order chi connectivity index (χ0) is 15.9. The van der Waals surface area contributed by atoms with Gasteiger partial charge in [-0.05, 0) is 36.2 Å².